The summed E-state index contributed by atoms with van der Waals surface area (Å²) in [4.78, 5) is 0. The number of nitrogens with zero attached hydrogens (tertiary/aromatic N) is 2. The fourth-order valence-electron chi connectivity index (χ4n) is 1.89. The summed E-state index contributed by atoms with van der Waals surface area (Å²) in [6.45, 7) is 0.483. The molecule has 1 aromatic heterocycles. The van der Waals surface area contributed by atoms with Gasteiger partial charge in [0.1, 0.15) is 12.4 Å². The molecule has 0 aliphatic carbocycles. The highest BCUT2D eigenvalue weighted by Gasteiger charge is 2.01. The monoisotopic (exact) mass is 265 g/mol. The average molecular weight is 265 g/mol. The van der Waals surface area contributed by atoms with Crippen molar-refractivity contribution in [3.8, 4) is 11.4 Å². The molecular weight excluding hydrogens is 250 g/mol. The molecule has 0 aliphatic rings. The van der Waals surface area contributed by atoms with E-state index in [2.05, 4.69) is 5.10 Å². The Labute approximate surface area is 117 Å². The Hall–Kier alpha value is -2.75. The summed E-state index contributed by atoms with van der Waals surface area (Å²) in [5, 5.41) is 4.33. The Morgan fingerprint density at radius 2 is 1.75 bits per heavy atom. The molecule has 20 heavy (non-hydrogen) atoms. The number of para-hydroxylation sites is 1. The van der Waals surface area contributed by atoms with E-state index < -0.39 is 0 Å². The molecule has 2 aromatic carbocycles. The maximum atomic E-state index is 5.69. The molecule has 0 spiro atoms. The zero-order valence-corrected chi connectivity index (χ0v) is 10.9. The van der Waals surface area contributed by atoms with Crippen LogP contribution in [0.15, 0.2) is 67.0 Å². The molecule has 4 heteroatoms. The predicted molar refractivity (Wildman–Crippen MR) is 78.8 cm³/mol. The molecule has 1 heterocycles. The lowest BCUT2D eigenvalue weighted by Gasteiger charge is -2.04. The standard InChI is InChI=1S/C16H15N3O/c17-14-6-8-16(9-7-14)20-12-13-10-18-19(11-13)15-4-2-1-3-5-15/h1-11H,12,17H2. The lowest BCUT2D eigenvalue weighted by atomic mass is 10.3. The van der Waals surface area contributed by atoms with Crippen LogP contribution in [0, 0.1) is 0 Å². The minimum atomic E-state index is 0.483. The van der Waals surface area contributed by atoms with E-state index in [-0.39, 0.29) is 0 Å². The smallest absolute Gasteiger partial charge is 0.119 e. The van der Waals surface area contributed by atoms with Crippen LogP contribution in [-0.4, -0.2) is 9.78 Å². The van der Waals surface area contributed by atoms with Crippen LogP contribution in [-0.2, 0) is 6.61 Å². The fourth-order valence-corrected chi connectivity index (χ4v) is 1.89. The van der Waals surface area contributed by atoms with Crippen molar-refractivity contribution < 1.29 is 4.74 Å². The van der Waals surface area contributed by atoms with Crippen LogP contribution in [0.25, 0.3) is 5.69 Å². The van der Waals surface area contributed by atoms with E-state index >= 15 is 0 Å². The van der Waals surface area contributed by atoms with E-state index in [1.807, 2.05) is 71.7 Å². The molecule has 0 atom stereocenters. The number of nitrogen functional groups attached to an aromatic ring is 1. The minimum absolute atomic E-state index is 0.483. The molecule has 0 amide bonds. The summed E-state index contributed by atoms with van der Waals surface area (Å²) in [5.41, 5.74) is 8.42. The summed E-state index contributed by atoms with van der Waals surface area (Å²) >= 11 is 0. The summed E-state index contributed by atoms with van der Waals surface area (Å²) in [5.74, 6) is 0.798. The number of hydrogen-bond acceptors (Lipinski definition) is 3. The number of aromatic nitrogens is 2. The van der Waals surface area contributed by atoms with Gasteiger partial charge in [-0.05, 0) is 36.4 Å². The first-order chi connectivity index (χ1) is 9.81. The van der Waals surface area contributed by atoms with Crippen LogP contribution in [0.4, 0.5) is 5.69 Å². The zero-order chi connectivity index (χ0) is 13.8. The normalized spacial score (nSPS) is 10.4. The number of ether oxygens (including phenoxy) is 1. The third-order valence-corrected chi connectivity index (χ3v) is 2.94. The van der Waals surface area contributed by atoms with Gasteiger partial charge < -0.3 is 10.5 Å². The Bertz CT molecular complexity index is 674. The molecular formula is C16H15N3O. The second-order valence-electron chi connectivity index (χ2n) is 4.49. The van der Waals surface area contributed by atoms with Crippen LogP contribution in [0.2, 0.25) is 0 Å². The van der Waals surface area contributed by atoms with Crippen LogP contribution in [0.1, 0.15) is 5.56 Å². The largest absolute Gasteiger partial charge is 0.489 e. The molecule has 0 aliphatic heterocycles. The topological polar surface area (TPSA) is 53.1 Å². The van der Waals surface area contributed by atoms with Crippen LogP contribution < -0.4 is 10.5 Å². The van der Waals surface area contributed by atoms with Gasteiger partial charge in [-0.15, -0.1) is 0 Å². The predicted octanol–water partition coefficient (Wildman–Crippen LogP) is 3.03. The molecule has 0 bridgehead atoms. The van der Waals surface area contributed by atoms with E-state index in [1.54, 1.807) is 0 Å². The van der Waals surface area contributed by atoms with Gasteiger partial charge in [-0.1, -0.05) is 18.2 Å². The number of hydrogen-bond donors (Lipinski definition) is 1. The van der Waals surface area contributed by atoms with Gasteiger partial charge in [0.15, 0.2) is 0 Å². The first-order valence-electron chi connectivity index (χ1n) is 6.38. The van der Waals surface area contributed by atoms with Crippen molar-refractivity contribution in [2.45, 2.75) is 6.61 Å². The summed E-state index contributed by atoms with van der Waals surface area (Å²) < 4.78 is 7.52. The van der Waals surface area contributed by atoms with Crippen molar-refractivity contribution in [3.05, 3.63) is 72.6 Å². The Balaban J connectivity index is 1.67. The van der Waals surface area contributed by atoms with Crippen molar-refractivity contribution in [3.63, 3.8) is 0 Å². The van der Waals surface area contributed by atoms with E-state index in [4.69, 9.17) is 10.5 Å². The van der Waals surface area contributed by atoms with E-state index in [1.165, 1.54) is 0 Å². The number of nitrogens with two attached hydrogens (primary N) is 1. The van der Waals surface area contributed by atoms with Gasteiger partial charge in [-0.25, -0.2) is 4.68 Å². The van der Waals surface area contributed by atoms with Gasteiger partial charge in [0.2, 0.25) is 0 Å². The molecule has 3 aromatic rings. The quantitative estimate of drug-likeness (QED) is 0.738. The van der Waals surface area contributed by atoms with Crippen molar-refractivity contribution in [1.29, 1.82) is 0 Å². The van der Waals surface area contributed by atoms with E-state index in [0.29, 0.717) is 6.61 Å². The SMILES string of the molecule is Nc1ccc(OCc2cnn(-c3ccccc3)c2)cc1. The average Bonchev–Trinajstić information content (AvgIpc) is 2.97. The van der Waals surface area contributed by atoms with Gasteiger partial charge in [0.05, 0.1) is 11.9 Å². The number of rotatable bonds is 4. The van der Waals surface area contributed by atoms with Crippen molar-refractivity contribution >= 4 is 5.69 Å². The first-order valence-corrected chi connectivity index (χ1v) is 6.38. The summed E-state index contributed by atoms with van der Waals surface area (Å²) in [7, 11) is 0. The summed E-state index contributed by atoms with van der Waals surface area (Å²) in [6, 6.07) is 17.3. The summed E-state index contributed by atoms with van der Waals surface area (Å²) in [6.07, 6.45) is 3.77. The van der Waals surface area contributed by atoms with Crippen molar-refractivity contribution in [2.24, 2.45) is 0 Å². The second-order valence-corrected chi connectivity index (χ2v) is 4.49. The van der Waals surface area contributed by atoms with Gasteiger partial charge in [-0.3, -0.25) is 0 Å². The van der Waals surface area contributed by atoms with Crippen molar-refractivity contribution in [1.82, 2.24) is 9.78 Å². The Morgan fingerprint density at radius 1 is 1.00 bits per heavy atom. The lowest BCUT2D eigenvalue weighted by molar-refractivity contribution is 0.306. The maximum absolute atomic E-state index is 5.69. The van der Waals surface area contributed by atoms with Gasteiger partial charge in [-0.2, -0.15) is 5.10 Å². The lowest BCUT2D eigenvalue weighted by Crippen LogP contribution is -1.95. The second kappa shape index (κ2) is 5.48. The van der Waals surface area contributed by atoms with E-state index in [9.17, 15) is 0 Å². The highest BCUT2D eigenvalue weighted by atomic mass is 16.5. The van der Waals surface area contributed by atoms with Gasteiger partial charge in [0, 0.05) is 17.4 Å². The minimum Gasteiger partial charge on any atom is -0.489 e. The first kappa shape index (κ1) is 12.3. The highest BCUT2D eigenvalue weighted by molar-refractivity contribution is 5.41. The van der Waals surface area contributed by atoms with Crippen LogP contribution in [0.3, 0.4) is 0 Å². The third-order valence-electron chi connectivity index (χ3n) is 2.94. The van der Waals surface area contributed by atoms with Gasteiger partial charge >= 0.3 is 0 Å². The number of anilines is 1. The molecule has 0 saturated heterocycles. The fraction of sp³-hybridized carbons (Fsp3) is 0.0625. The molecule has 0 saturated carbocycles. The van der Waals surface area contributed by atoms with Crippen molar-refractivity contribution in [2.75, 3.05) is 5.73 Å². The van der Waals surface area contributed by atoms with Gasteiger partial charge in [0.25, 0.3) is 0 Å². The molecule has 3 rings (SSSR count). The Kier molecular flexibility index (Phi) is 3.37. The highest BCUT2D eigenvalue weighted by Crippen LogP contribution is 2.15. The van der Waals surface area contributed by atoms with Crippen LogP contribution in [0.5, 0.6) is 5.75 Å². The third kappa shape index (κ3) is 2.80. The molecule has 2 N–H and O–H groups in total. The van der Waals surface area contributed by atoms with Crippen LogP contribution >= 0.6 is 0 Å². The number of benzene rings is 2. The molecule has 4 nitrogen and oxygen atoms in total. The maximum Gasteiger partial charge on any atom is 0.119 e. The molecule has 0 unspecified atom stereocenters. The zero-order valence-electron chi connectivity index (χ0n) is 10.9. The molecule has 100 valence electrons. The Morgan fingerprint density at radius 3 is 2.50 bits per heavy atom. The molecule has 0 fully saturated rings. The van der Waals surface area contributed by atoms with E-state index in [0.717, 1.165) is 22.7 Å². The molecule has 0 radical (unpaired) electrons.